The monoisotopic (exact) mass is 1180 g/mol. The molecule has 92 heavy (non-hydrogen) atoms. The van der Waals surface area contributed by atoms with Gasteiger partial charge in [0.1, 0.15) is 11.2 Å². The molecule has 21 rings (SSSR count). The summed E-state index contributed by atoms with van der Waals surface area (Å²) in [6, 6.07) is 95.2. The number of para-hydroxylation sites is 6. The van der Waals surface area contributed by atoms with Crippen molar-refractivity contribution < 1.29 is 8.83 Å². The minimum absolute atomic E-state index is 0.877. The highest BCUT2D eigenvalue weighted by molar-refractivity contribution is 6.33. The fraction of sp³-hybridized carbons (Fsp3) is 0.0930. The van der Waals surface area contributed by atoms with Gasteiger partial charge in [0.2, 0.25) is 0 Å². The Balaban J connectivity index is 0.846. The summed E-state index contributed by atoms with van der Waals surface area (Å²) >= 11 is 0. The third-order valence-electron chi connectivity index (χ3n) is 21.1. The Morgan fingerprint density at radius 2 is 0.663 bits per heavy atom. The second-order valence-electron chi connectivity index (χ2n) is 25.8. The first kappa shape index (κ1) is 50.5. The minimum Gasteiger partial charge on any atom is -0.454 e. The van der Waals surface area contributed by atoms with Crippen LogP contribution in [0.2, 0.25) is 0 Å². The number of aryl methyl sites for hydroxylation is 2. The zero-order chi connectivity index (χ0) is 59.9. The molecule has 0 unspecified atom stereocenters. The van der Waals surface area contributed by atoms with Gasteiger partial charge in [-0.05, 0) is 158 Å². The van der Waals surface area contributed by atoms with Crippen molar-refractivity contribution in [2.45, 2.75) is 51.4 Å². The third-order valence-corrected chi connectivity index (χ3v) is 21.1. The summed E-state index contributed by atoms with van der Waals surface area (Å²) in [5, 5.41) is 14.2. The lowest BCUT2D eigenvalue weighted by Gasteiger charge is -2.31. The van der Waals surface area contributed by atoms with Crippen LogP contribution in [0.1, 0.15) is 47.9 Å². The van der Waals surface area contributed by atoms with Crippen LogP contribution in [0.25, 0.3) is 142 Å². The molecule has 19 aromatic rings. The molecule has 0 fully saturated rings. The number of benzene rings is 13. The smallest absolute Gasteiger partial charge is 0.159 e. The van der Waals surface area contributed by atoms with Crippen LogP contribution in [0, 0.1) is 0 Å². The van der Waals surface area contributed by atoms with Crippen LogP contribution in [0.3, 0.4) is 0 Å². The Kier molecular flexibility index (Phi) is 10.5. The van der Waals surface area contributed by atoms with E-state index in [1.165, 1.54) is 146 Å². The van der Waals surface area contributed by atoms with E-state index >= 15 is 0 Å². The first-order valence-electron chi connectivity index (χ1n) is 32.8. The Labute approximate surface area is 529 Å². The van der Waals surface area contributed by atoms with Crippen LogP contribution in [0.15, 0.2) is 264 Å². The van der Waals surface area contributed by atoms with Crippen LogP contribution >= 0.6 is 0 Å². The maximum Gasteiger partial charge on any atom is 0.159 e. The van der Waals surface area contributed by atoms with E-state index in [-0.39, 0.29) is 0 Å². The summed E-state index contributed by atoms with van der Waals surface area (Å²) in [5.41, 5.74) is 28.2. The van der Waals surface area contributed by atoms with Crippen LogP contribution in [0.4, 0.5) is 34.1 Å². The largest absolute Gasteiger partial charge is 0.454 e. The second kappa shape index (κ2) is 19.1. The fourth-order valence-corrected chi connectivity index (χ4v) is 17.3. The Morgan fingerprint density at radius 3 is 1.13 bits per heavy atom. The molecular formula is C86H58N4O2. The number of hydrogen-bond donors (Lipinski definition) is 0. The molecule has 0 saturated carbocycles. The van der Waals surface area contributed by atoms with Gasteiger partial charge in [-0.1, -0.05) is 182 Å². The molecule has 0 bridgehead atoms. The number of hydrogen-bond acceptors (Lipinski definition) is 4. The van der Waals surface area contributed by atoms with E-state index in [9.17, 15) is 0 Å². The summed E-state index contributed by atoms with van der Waals surface area (Å²) in [5.74, 6) is 0. The molecule has 0 spiro atoms. The molecule has 0 N–H and O–H groups in total. The van der Waals surface area contributed by atoms with Gasteiger partial charge in [0.25, 0.3) is 0 Å². The van der Waals surface area contributed by atoms with E-state index in [1.54, 1.807) is 0 Å². The van der Waals surface area contributed by atoms with E-state index in [2.05, 4.69) is 273 Å². The summed E-state index contributed by atoms with van der Waals surface area (Å²) < 4.78 is 19.3. The number of fused-ring (bicyclic) bond motifs is 20. The van der Waals surface area contributed by atoms with Gasteiger partial charge in [-0.3, -0.25) is 0 Å². The van der Waals surface area contributed by atoms with Gasteiger partial charge in [-0.25, -0.2) is 0 Å². The van der Waals surface area contributed by atoms with Gasteiger partial charge in [-0.15, -0.1) is 0 Å². The molecule has 0 saturated heterocycles. The lowest BCUT2D eigenvalue weighted by atomic mass is 9.84. The van der Waals surface area contributed by atoms with Crippen molar-refractivity contribution >= 4 is 154 Å². The van der Waals surface area contributed by atoms with Crippen LogP contribution in [-0.4, -0.2) is 8.80 Å². The van der Waals surface area contributed by atoms with E-state index in [0.717, 1.165) is 104 Å². The van der Waals surface area contributed by atoms with Crippen LogP contribution in [-0.2, 0) is 25.7 Å². The summed E-state index contributed by atoms with van der Waals surface area (Å²) in [4.78, 5) is 5.12. The minimum atomic E-state index is 0.877. The van der Waals surface area contributed by atoms with Crippen LogP contribution in [0.5, 0.6) is 0 Å². The van der Waals surface area contributed by atoms with Crippen molar-refractivity contribution in [1.29, 1.82) is 0 Å². The number of aromatic nitrogens is 2. The van der Waals surface area contributed by atoms with Gasteiger partial charge < -0.3 is 27.4 Å². The molecule has 0 amide bonds. The van der Waals surface area contributed by atoms with Gasteiger partial charge in [-0.2, -0.15) is 0 Å². The molecule has 6 heteroatoms. The zero-order valence-corrected chi connectivity index (χ0v) is 50.5. The van der Waals surface area contributed by atoms with E-state index in [1.807, 2.05) is 0 Å². The third kappa shape index (κ3) is 6.88. The number of nitrogens with zero attached hydrogens (tertiary/aromatic N) is 4. The predicted octanol–water partition coefficient (Wildman–Crippen LogP) is 23.8. The SMILES string of the molecule is c1ccc(-c2c(N(c3cccc4c3oc3ccccc34)c3ccc4c5cc6c(cc5n5c7ccccc7c3c45)c3ccc(N(c4ccc5c(c4-c4ccccc4)CCCC5)c4cccc5c4oc4ccccc45)c4c5ccccc5n6c34)ccc3c2CCCC3)cc1. The molecule has 0 aliphatic heterocycles. The standard InChI is InChI=1S/C86H58N4O2/c1-3-23-53(24-4-1)79-55-27-9-7-21-51(55)41-45-69(79)87(73-37-19-33-61-57-29-13-17-39-77(57)91-85(61)73)71-47-43-59-65-49-76-66(50-75(65)89-67-35-15-11-31-63(67)81(71)83(59)89)60-44-48-72(82-64-32-12-16-36-68(64)90(76)84(60)82)88(74-38-20-34-62-58-30-14-18-40-78(58)92-86(62)74)70-46-42-52-22-8-10-28-56(52)80(70)54-25-5-2-6-26-54/h1-6,11-20,23-26,29-50H,7-10,21-22,27-28H2. The van der Waals surface area contributed by atoms with Gasteiger partial charge in [0.05, 0.1) is 67.2 Å². The Bertz CT molecular complexity index is 5900. The molecule has 2 aliphatic rings. The number of rotatable bonds is 8. The van der Waals surface area contributed by atoms with Crippen molar-refractivity contribution in [1.82, 2.24) is 8.80 Å². The van der Waals surface area contributed by atoms with Gasteiger partial charge in [0, 0.05) is 75.8 Å². The average molecular weight is 1180 g/mol. The quantitative estimate of drug-likeness (QED) is 0.152. The Morgan fingerprint density at radius 1 is 0.272 bits per heavy atom. The summed E-state index contributed by atoms with van der Waals surface area (Å²) in [6.07, 6.45) is 9.01. The maximum absolute atomic E-state index is 7.06. The average Bonchev–Trinajstić information content (AvgIpc) is 1.51. The maximum atomic E-state index is 7.06. The van der Waals surface area contributed by atoms with Crippen molar-refractivity contribution in [2.75, 3.05) is 9.80 Å². The number of anilines is 6. The van der Waals surface area contributed by atoms with E-state index in [0.29, 0.717) is 0 Å². The molecule has 434 valence electrons. The molecule has 2 aliphatic carbocycles. The highest BCUT2D eigenvalue weighted by atomic mass is 16.3. The van der Waals surface area contributed by atoms with Gasteiger partial charge >= 0.3 is 0 Å². The molecule has 6 aromatic heterocycles. The second-order valence-corrected chi connectivity index (χ2v) is 25.8. The van der Waals surface area contributed by atoms with E-state index < -0.39 is 0 Å². The fourth-order valence-electron chi connectivity index (χ4n) is 17.3. The highest BCUT2D eigenvalue weighted by Gasteiger charge is 2.33. The van der Waals surface area contributed by atoms with E-state index in [4.69, 9.17) is 8.83 Å². The Hall–Kier alpha value is -11.3. The molecule has 0 atom stereocenters. The number of furan rings is 2. The first-order valence-corrected chi connectivity index (χ1v) is 32.8. The molecule has 6 heterocycles. The molecular weight excluding hydrogens is 1120 g/mol. The van der Waals surface area contributed by atoms with Crippen molar-refractivity contribution in [3.05, 3.63) is 277 Å². The lowest BCUT2D eigenvalue weighted by molar-refractivity contribution is 0.668. The van der Waals surface area contributed by atoms with Crippen molar-refractivity contribution in [3.8, 4) is 22.3 Å². The topological polar surface area (TPSA) is 41.6 Å². The highest BCUT2D eigenvalue weighted by Crippen LogP contribution is 2.56. The predicted molar refractivity (Wildman–Crippen MR) is 384 cm³/mol. The normalized spacial score (nSPS) is 13.7. The van der Waals surface area contributed by atoms with Crippen molar-refractivity contribution in [2.24, 2.45) is 0 Å². The summed E-state index contributed by atoms with van der Waals surface area (Å²) in [7, 11) is 0. The lowest BCUT2D eigenvalue weighted by Crippen LogP contribution is -2.15. The van der Waals surface area contributed by atoms with Gasteiger partial charge in [0.15, 0.2) is 11.2 Å². The molecule has 0 radical (unpaired) electrons. The van der Waals surface area contributed by atoms with Crippen molar-refractivity contribution in [3.63, 3.8) is 0 Å². The zero-order valence-electron chi connectivity index (χ0n) is 50.5. The molecule has 6 nitrogen and oxygen atoms in total. The molecule has 13 aromatic carbocycles. The van der Waals surface area contributed by atoms with Crippen LogP contribution < -0.4 is 9.80 Å². The summed E-state index contributed by atoms with van der Waals surface area (Å²) in [6.45, 7) is 0. The first-order chi connectivity index (χ1) is 45.7.